The van der Waals surface area contributed by atoms with Gasteiger partial charge in [-0.25, -0.2) is 0 Å². The predicted octanol–water partition coefficient (Wildman–Crippen LogP) is 4.24. The molecule has 0 unspecified atom stereocenters. The average Bonchev–Trinajstić information content (AvgIpc) is 2.46. The molecule has 0 aliphatic heterocycles. The van der Waals surface area contributed by atoms with Gasteiger partial charge in [0, 0.05) is 12.7 Å². The van der Waals surface area contributed by atoms with E-state index in [4.69, 9.17) is 4.74 Å². The lowest BCUT2D eigenvalue weighted by Crippen LogP contribution is -2.43. The molecule has 0 spiro atoms. The van der Waals surface area contributed by atoms with E-state index in [9.17, 15) is 18.0 Å². The summed E-state index contributed by atoms with van der Waals surface area (Å²) in [6.07, 6.45) is -0.986. The summed E-state index contributed by atoms with van der Waals surface area (Å²) >= 11 is 0. The van der Waals surface area contributed by atoms with Crippen molar-refractivity contribution in [3.8, 4) is 0 Å². The summed E-state index contributed by atoms with van der Waals surface area (Å²) in [5, 5.41) is 0. The molecule has 1 aliphatic carbocycles. The maximum Gasteiger partial charge on any atom is 0.417 e. The zero-order chi connectivity index (χ0) is 14.8. The number of rotatable bonds is 3. The number of carbonyl (C=O) groups is 1. The first-order valence-corrected chi connectivity index (χ1v) is 6.67. The molecular weight excluding hydrogens is 269 g/mol. The summed E-state index contributed by atoms with van der Waals surface area (Å²) in [6.45, 7) is 0. The van der Waals surface area contributed by atoms with Crippen molar-refractivity contribution in [1.29, 1.82) is 0 Å². The van der Waals surface area contributed by atoms with Crippen molar-refractivity contribution in [2.24, 2.45) is 0 Å². The number of methoxy groups -OCH3 is 1. The van der Waals surface area contributed by atoms with Gasteiger partial charge in [-0.15, -0.1) is 0 Å². The second-order valence-corrected chi connectivity index (χ2v) is 5.13. The van der Waals surface area contributed by atoms with Crippen molar-refractivity contribution in [1.82, 2.24) is 0 Å². The summed E-state index contributed by atoms with van der Waals surface area (Å²) in [7, 11) is 1.40. The standard InChI is InChI=1S/C15H17F3O2/c1-20-14(9-5-2-6-10-14)13(19)11-7-3-4-8-12(11)15(16,17)18/h3-4,7-8H,2,5-6,9-10H2,1H3. The van der Waals surface area contributed by atoms with Crippen LogP contribution in [-0.4, -0.2) is 18.5 Å². The van der Waals surface area contributed by atoms with Crippen molar-refractivity contribution < 1.29 is 22.7 Å². The number of ether oxygens (including phenoxy) is 1. The third-order valence-corrected chi connectivity index (χ3v) is 3.94. The zero-order valence-corrected chi connectivity index (χ0v) is 11.3. The Hall–Kier alpha value is -1.36. The topological polar surface area (TPSA) is 26.3 Å². The smallest absolute Gasteiger partial charge is 0.370 e. The minimum Gasteiger partial charge on any atom is -0.370 e. The van der Waals surface area contributed by atoms with E-state index in [1.165, 1.54) is 25.3 Å². The van der Waals surface area contributed by atoms with Crippen molar-refractivity contribution in [3.63, 3.8) is 0 Å². The number of hydrogen-bond acceptors (Lipinski definition) is 2. The summed E-state index contributed by atoms with van der Waals surface area (Å²) in [5.74, 6) is -0.548. The Morgan fingerprint density at radius 1 is 1.15 bits per heavy atom. The number of Topliss-reactive ketones (excluding diaryl/α,β-unsaturated/α-hetero) is 1. The minimum atomic E-state index is -4.53. The molecule has 1 fully saturated rings. The Balaban J connectivity index is 2.43. The first-order valence-electron chi connectivity index (χ1n) is 6.67. The maximum atomic E-state index is 13.0. The molecule has 0 saturated heterocycles. The van der Waals surface area contributed by atoms with Crippen LogP contribution >= 0.6 is 0 Å². The summed E-state index contributed by atoms with van der Waals surface area (Å²) in [5.41, 5.74) is -2.27. The Kier molecular flexibility index (Phi) is 4.18. The molecule has 0 radical (unpaired) electrons. The quantitative estimate of drug-likeness (QED) is 0.777. The van der Waals surface area contributed by atoms with Crippen molar-refractivity contribution in [3.05, 3.63) is 35.4 Å². The minimum absolute atomic E-state index is 0.288. The fourth-order valence-corrected chi connectivity index (χ4v) is 2.82. The highest BCUT2D eigenvalue weighted by molar-refractivity contribution is 6.03. The van der Waals surface area contributed by atoms with Crippen LogP contribution in [0.3, 0.4) is 0 Å². The molecular formula is C15H17F3O2. The Labute approximate surface area is 115 Å². The molecule has 1 aliphatic rings. The monoisotopic (exact) mass is 286 g/mol. The van der Waals surface area contributed by atoms with Crippen LogP contribution in [-0.2, 0) is 10.9 Å². The van der Waals surface area contributed by atoms with Gasteiger partial charge in [0.15, 0.2) is 5.78 Å². The zero-order valence-electron chi connectivity index (χ0n) is 11.3. The Bertz CT molecular complexity index is 488. The van der Waals surface area contributed by atoms with Crippen LogP contribution in [0.5, 0.6) is 0 Å². The largest absolute Gasteiger partial charge is 0.417 e. The van der Waals surface area contributed by atoms with Crippen LogP contribution in [0.1, 0.15) is 48.0 Å². The van der Waals surface area contributed by atoms with Crippen LogP contribution in [0.15, 0.2) is 24.3 Å². The van der Waals surface area contributed by atoms with E-state index in [0.29, 0.717) is 12.8 Å². The second kappa shape index (κ2) is 5.56. The fraction of sp³-hybridized carbons (Fsp3) is 0.533. The molecule has 0 atom stereocenters. The van der Waals surface area contributed by atoms with Gasteiger partial charge < -0.3 is 4.74 Å². The van der Waals surface area contributed by atoms with Gasteiger partial charge in [-0.3, -0.25) is 4.79 Å². The third kappa shape index (κ3) is 2.73. The number of carbonyl (C=O) groups excluding carboxylic acids is 1. The van der Waals surface area contributed by atoms with Crippen molar-refractivity contribution in [2.75, 3.05) is 7.11 Å². The lowest BCUT2D eigenvalue weighted by Gasteiger charge is -2.35. The molecule has 2 rings (SSSR count). The van der Waals surface area contributed by atoms with Gasteiger partial charge >= 0.3 is 6.18 Å². The highest BCUT2D eigenvalue weighted by Gasteiger charge is 2.44. The molecule has 110 valence electrons. The molecule has 20 heavy (non-hydrogen) atoms. The van der Waals surface area contributed by atoms with Crippen LogP contribution in [0, 0.1) is 0 Å². The highest BCUT2D eigenvalue weighted by Crippen LogP contribution is 2.38. The molecule has 0 aromatic heterocycles. The molecule has 1 aromatic carbocycles. The third-order valence-electron chi connectivity index (χ3n) is 3.94. The van der Waals surface area contributed by atoms with Gasteiger partial charge in [0.25, 0.3) is 0 Å². The normalized spacial score (nSPS) is 18.8. The SMILES string of the molecule is COC1(C(=O)c2ccccc2C(F)(F)F)CCCCC1. The Morgan fingerprint density at radius 3 is 2.30 bits per heavy atom. The number of alkyl halides is 3. The highest BCUT2D eigenvalue weighted by atomic mass is 19.4. The van der Waals surface area contributed by atoms with Crippen LogP contribution in [0.25, 0.3) is 0 Å². The van der Waals surface area contributed by atoms with E-state index in [1.54, 1.807) is 0 Å². The summed E-state index contributed by atoms with van der Waals surface area (Å²) < 4.78 is 44.4. The second-order valence-electron chi connectivity index (χ2n) is 5.13. The predicted molar refractivity (Wildman–Crippen MR) is 68.6 cm³/mol. The van der Waals surface area contributed by atoms with Gasteiger partial charge in [0.2, 0.25) is 0 Å². The molecule has 0 heterocycles. The van der Waals surface area contributed by atoms with Crippen molar-refractivity contribution in [2.45, 2.75) is 43.9 Å². The average molecular weight is 286 g/mol. The van der Waals surface area contributed by atoms with Crippen molar-refractivity contribution >= 4 is 5.78 Å². The van der Waals surface area contributed by atoms with Crippen LogP contribution < -0.4 is 0 Å². The lowest BCUT2D eigenvalue weighted by atomic mass is 9.78. The molecule has 2 nitrogen and oxygen atoms in total. The van der Waals surface area contributed by atoms with Crippen LogP contribution in [0.4, 0.5) is 13.2 Å². The number of ketones is 1. The maximum absolute atomic E-state index is 13.0. The molecule has 1 saturated carbocycles. The first-order chi connectivity index (χ1) is 9.41. The molecule has 5 heteroatoms. The van der Waals surface area contributed by atoms with E-state index >= 15 is 0 Å². The van der Waals surface area contributed by atoms with E-state index in [1.807, 2.05) is 0 Å². The lowest BCUT2D eigenvalue weighted by molar-refractivity contribution is -0.138. The van der Waals surface area contributed by atoms with Gasteiger partial charge in [-0.2, -0.15) is 13.2 Å². The summed E-state index contributed by atoms with van der Waals surface area (Å²) in [6, 6.07) is 4.93. The van der Waals surface area contributed by atoms with E-state index in [2.05, 4.69) is 0 Å². The first kappa shape index (κ1) is 15.0. The Morgan fingerprint density at radius 2 is 1.75 bits per heavy atom. The van der Waals surface area contributed by atoms with E-state index in [0.717, 1.165) is 25.3 Å². The number of halogens is 3. The fourth-order valence-electron chi connectivity index (χ4n) is 2.82. The van der Waals surface area contributed by atoms with E-state index in [-0.39, 0.29) is 5.56 Å². The van der Waals surface area contributed by atoms with Gasteiger partial charge in [-0.05, 0) is 18.9 Å². The van der Waals surface area contributed by atoms with Gasteiger partial charge in [0.05, 0.1) is 5.56 Å². The van der Waals surface area contributed by atoms with Gasteiger partial charge in [0.1, 0.15) is 5.60 Å². The molecule has 0 amide bonds. The molecule has 0 N–H and O–H groups in total. The van der Waals surface area contributed by atoms with E-state index < -0.39 is 23.1 Å². The molecule has 0 bridgehead atoms. The summed E-state index contributed by atoms with van der Waals surface area (Å²) in [4.78, 5) is 12.6. The number of benzene rings is 1. The molecule has 1 aromatic rings. The van der Waals surface area contributed by atoms with Gasteiger partial charge in [-0.1, -0.05) is 37.5 Å². The van der Waals surface area contributed by atoms with Crippen LogP contribution in [0.2, 0.25) is 0 Å². The number of hydrogen-bond donors (Lipinski definition) is 0.